The predicted octanol–water partition coefficient (Wildman–Crippen LogP) is 2.25. The zero-order valence-electron chi connectivity index (χ0n) is 18.1. The molecule has 1 N–H and O–H groups in total. The fourth-order valence-electron chi connectivity index (χ4n) is 3.93. The summed E-state index contributed by atoms with van der Waals surface area (Å²) in [7, 11) is 0. The van der Waals surface area contributed by atoms with Gasteiger partial charge < -0.3 is 9.29 Å². The van der Waals surface area contributed by atoms with Crippen LogP contribution in [-0.2, 0) is 22.4 Å². The van der Waals surface area contributed by atoms with Crippen LogP contribution in [0.15, 0.2) is 30.6 Å². The van der Waals surface area contributed by atoms with Crippen LogP contribution in [0.2, 0.25) is 0 Å². The Kier molecular flexibility index (Phi) is 7.17. The Balaban J connectivity index is 1.81. The molecule has 3 aromatic rings. The first kappa shape index (κ1) is 23.5. The lowest BCUT2D eigenvalue weighted by Gasteiger charge is -2.25. The third-order valence-electron chi connectivity index (χ3n) is 5.63. The summed E-state index contributed by atoms with van der Waals surface area (Å²) >= 11 is -2.53. The molecule has 0 saturated carbocycles. The van der Waals surface area contributed by atoms with Crippen molar-refractivity contribution in [2.75, 3.05) is 13.2 Å². The number of aromatic nitrogens is 5. The van der Waals surface area contributed by atoms with Gasteiger partial charge in [0, 0.05) is 54.6 Å². The molecule has 1 aromatic carbocycles. The molecule has 1 fully saturated rings. The Morgan fingerprint density at radius 1 is 1.27 bits per heavy atom. The van der Waals surface area contributed by atoms with E-state index in [1.54, 1.807) is 19.3 Å². The summed E-state index contributed by atoms with van der Waals surface area (Å²) in [5, 5.41) is 8.51. The van der Waals surface area contributed by atoms with E-state index in [0.717, 1.165) is 5.56 Å². The molecular weight excluding hydrogens is 454 g/mol. The minimum atomic E-state index is -2.53. The van der Waals surface area contributed by atoms with Crippen molar-refractivity contribution in [3.8, 4) is 5.69 Å². The standard InChI is InChI=1S/C21H24F2N6O3S/c1-12-9-24-20(25-10-12)15(13(2)28-33(30)31)8-18-26-27-21(14-6-7-32-11-14)29(18)19-16(22)4-3-5-17(19)23/h3-5,9-10,13-15,28H,6-8,11H2,1-2H3,(H,30,31)/p-1/t13-,14+,15-/m1/s1. The van der Waals surface area contributed by atoms with E-state index in [4.69, 9.17) is 4.74 Å². The molecule has 2 aromatic heterocycles. The van der Waals surface area contributed by atoms with E-state index in [2.05, 4.69) is 24.9 Å². The summed E-state index contributed by atoms with van der Waals surface area (Å²) in [6.45, 7) is 4.38. The highest BCUT2D eigenvalue weighted by molar-refractivity contribution is 7.77. The van der Waals surface area contributed by atoms with Gasteiger partial charge in [-0.05, 0) is 38.0 Å². The molecule has 1 unspecified atom stereocenters. The molecule has 0 amide bonds. The van der Waals surface area contributed by atoms with Crippen LogP contribution in [0.25, 0.3) is 5.69 Å². The van der Waals surface area contributed by atoms with E-state index in [0.29, 0.717) is 31.3 Å². The second kappa shape index (κ2) is 10.1. The van der Waals surface area contributed by atoms with E-state index >= 15 is 0 Å². The molecule has 3 heterocycles. The van der Waals surface area contributed by atoms with Crippen molar-refractivity contribution in [1.82, 2.24) is 29.5 Å². The van der Waals surface area contributed by atoms with E-state index in [-0.39, 0.29) is 23.9 Å². The van der Waals surface area contributed by atoms with Crippen molar-refractivity contribution in [3.05, 3.63) is 65.3 Å². The molecule has 0 bridgehead atoms. The van der Waals surface area contributed by atoms with Crippen molar-refractivity contribution < 1.29 is 22.3 Å². The third-order valence-corrected chi connectivity index (χ3v) is 6.20. The van der Waals surface area contributed by atoms with Crippen LogP contribution in [0.1, 0.15) is 48.2 Å². The summed E-state index contributed by atoms with van der Waals surface area (Å²) < 4.78 is 61.5. The largest absolute Gasteiger partial charge is 0.760 e. The van der Waals surface area contributed by atoms with E-state index in [9.17, 15) is 17.5 Å². The average molecular weight is 478 g/mol. The van der Waals surface area contributed by atoms with Gasteiger partial charge in [-0.2, -0.15) is 0 Å². The fraction of sp³-hybridized carbons (Fsp3) is 0.429. The van der Waals surface area contributed by atoms with Crippen LogP contribution in [-0.4, -0.2) is 52.7 Å². The monoisotopic (exact) mass is 477 g/mol. The molecule has 1 saturated heterocycles. The van der Waals surface area contributed by atoms with Crippen molar-refractivity contribution in [2.45, 2.75) is 44.6 Å². The lowest BCUT2D eigenvalue weighted by atomic mass is 9.96. The van der Waals surface area contributed by atoms with Crippen LogP contribution >= 0.6 is 0 Å². The number of nitrogens with zero attached hydrogens (tertiary/aromatic N) is 5. The maximum atomic E-state index is 14.8. The van der Waals surface area contributed by atoms with Crippen LogP contribution in [0.5, 0.6) is 0 Å². The van der Waals surface area contributed by atoms with Crippen LogP contribution < -0.4 is 4.72 Å². The zero-order chi connectivity index (χ0) is 23.5. The summed E-state index contributed by atoms with van der Waals surface area (Å²) in [5.41, 5.74) is 0.557. The summed E-state index contributed by atoms with van der Waals surface area (Å²) in [5.74, 6) is -1.24. The van der Waals surface area contributed by atoms with Crippen molar-refractivity contribution in [2.24, 2.45) is 0 Å². The molecule has 12 heteroatoms. The fourth-order valence-corrected chi connectivity index (χ4v) is 4.40. The number of para-hydroxylation sites is 1. The average Bonchev–Trinajstić information content (AvgIpc) is 3.42. The third kappa shape index (κ3) is 5.13. The van der Waals surface area contributed by atoms with Crippen molar-refractivity contribution in [3.63, 3.8) is 0 Å². The quantitative estimate of drug-likeness (QED) is 0.495. The van der Waals surface area contributed by atoms with Gasteiger partial charge in [0.15, 0.2) is 0 Å². The maximum Gasteiger partial charge on any atom is 0.150 e. The van der Waals surface area contributed by atoms with Gasteiger partial charge in [-0.3, -0.25) is 8.78 Å². The first-order valence-electron chi connectivity index (χ1n) is 10.5. The molecular formula is C21H23F2N6O3S-. The van der Waals surface area contributed by atoms with Gasteiger partial charge in [0.05, 0.1) is 6.61 Å². The number of halogens is 2. The molecule has 1 aliphatic heterocycles. The van der Waals surface area contributed by atoms with Gasteiger partial charge in [-0.1, -0.05) is 6.07 Å². The summed E-state index contributed by atoms with van der Waals surface area (Å²) in [4.78, 5) is 8.69. The highest BCUT2D eigenvalue weighted by Gasteiger charge is 2.31. The Hall–Kier alpha value is -2.67. The molecule has 176 valence electrons. The van der Waals surface area contributed by atoms with Gasteiger partial charge in [0.2, 0.25) is 0 Å². The van der Waals surface area contributed by atoms with Gasteiger partial charge in [-0.15, -0.1) is 10.2 Å². The minimum Gasteiger partial charge on any atom is -0.760 e. The molecule has 33 heavy (non-hydrogen) atoms. The summed E-state index contributed by atoms with van der Waals surface area (Å²) in [6, 6.07) is 3.00. The lowest BCUT2D eigenvalue weighted by molar-refractivity contribution is 0.193. The van der Waals surface area contributed by atoms with Gasteiger partial charge in [0.1, 0.15) is 34.8 Å². The van der Waals surface area contributed by atoms with Crippen LogP contribution in [0, 0.1) is 18.6 Å². The van der Waals surface area contributed by atoms with Crippen LogP contribution in [0.3, 0.4) is 0 Å². The molecule has 4 rings (SSSR count). The Morgan fingerprint density at radius 2 is 1.97 bits per heavy atom. The molecule has 0 aliphatic carbocycles. The summed E-state index contributed by atoms with van der Waals surface area (Å²) in [6.07, 6.45) is 3.98. The lowest BCUT2D eigenvalue weighted by Crippen LogP contribution is -2.36. The second-order valence-electron chi connectivity index (χ2n) is 8.01. The molecule has 0 spiro atoms. The Morgan fingerprint density at radius 3 is 2.58 bits per heavy atom. The predicted molar refractivity (Wildman–Crippen MR) is 114 cm³/mol. The number of aryl methyl sites for hydroxylation is 1. The number of nitrogens with one attached hydrogen (secondary N) is 1. The smallest absolute Gasteiger partial charge is 0.150 e. The molecule has 1 aliphatic rings. The normalized spacial score (nSPS) is 18.9. The van der Waals surface area contributed by atoms with Crippen LogP contribution in [0.4, 0.5) is 8.78 Å². The van der Waals surface area contributed by atoms with Crippen molar-refractivity contribution >= 4 is 11.3 Å². The second-order valence-corrected chi connectivity index (χ2v) is 8.72. The highest BCUT2D eigenvalue weighted by Crippen LogP contribution is 2.31. The number of hydrogen-bond donors (Lipinski definition) is 1. The van der Waals surface area contributed by atoms with Gasteiger partial charge >= 0.3 is 0 Å². The highest BCUT2D eigenvalue weighted by atomic mass is 32.2. The minimum absolute atomic E-state index is 0.0861. The van der Waals surface area contributed by atoms with E-state index in [1.807, 2.05) is 6.92 Å². The number of rotatable bonds is 8. The van der Waals surface area contributed by atoms with Gasteiger partial charge in [0.25, 0.3) is 0 Å². The van der Waals surface area contributed by atoms with E-state index < -0.39 is 34.9 Å². The first-order chi connectivity index (χ1) is 15.8. The number of ether oxygens (including phenoxy) is 1. The molecule has 9 nitrogen and oxygen atoms in total. The first-order valence-corrected chi connectivity index (χ1v) is 11.5. The Bertz CT molecular complexity index is 1120. The molecule has 4 atom stereocenters. The number of hydrogen-bond acceptors (Lipinski definition) is 7. The number of benzene rings is 1. The Labute approximate surface area is 192 Å². The zero-order valence-corrected chi connectivity index (χ0v) is 18.9. The molecule has 0 radical (unpaired) electrons. The topological polar surface area (TPSA) is 118 Å². The van der Waals surface area contributed by atoms with Crippen molar-refractivity contribution in [1.29, 1.82) is 0 Å². The van der Waals surface area contributed by atoms with Gasteiger partial charge in [-0.25, -0.2) is 23.5 Å². The SMILES string of the molecule is Cc1cnc([C@H](Cc2nnc([C@H]3CCOC3)n2-c2c(F)cccc2F)[C@@H](C)NS(=O)[O-])nc1. The van der Waals surface area contributed by atoms with E-state index in [1.165, 1.54) is 22.8 Å². The maximum absolute atomic E-state index is 14.8.